The Morgan fingerprint density at radius 2 is 1.90 bits per heavy atom. The number of benzene rings is 2. The number of halogens is 2. The van der Waals surface area contributed by atoms with Crippen LogP contribution in [0.1, 0.15) is 10.6 Å². The molecule has 0 saturated heterocycles. The van der Waals surface area contributed by atoms with Crippen molar-refractivity contribution >= 4 is 41.0 Å². The van der Waals surface area contributed by atoms with Gasteiger partial charge < -0.3 is 5.73 Å². The molecule has 0 saturated carbocycles. The first-order valence-electron chi connectivity index (χ1n) is 6.25. The molecule has 0 aliphatic heterocycles. The van der Waals surface area contributed by atoms with E-state index in [9.17, 15) is 0 Å². The second-order valence-corrected chi connectivity index (χ2v) is 5.94. The Morgan fingerprint density at radius 1 is 1.10 bits per heavy atom. The van der Waals surface area contributed by atoms with Gasteiger partial charge in [0.1, 0.15) is 0 Å². The minimum absolute atomic E-state index is 0. The van der Waals surface area contributed by atoms with Crippen LogP contribution in [-0.2, 0) is 6.42 Å². The van der Waals surface area contributed by atoms with Gasteiger partial charge in [0.2, 0.25) is 0 Å². The van der Waals surface area contributed by atoms with Crippen molar-refractivity contribution in [1.29, 1.82) is 0 Å². The zero-order chi connectivity index (χ0) is 13.9. The molecule has 2 aromatic carbocycles. The van der Waals surface area contributed by atoms with Crippen LogP contribution in [0.5, 0.6) is 0 Å². The lowest BCUT2D eigenvalue weighted by Crippen LogP contribution is -1.88. The van der Waals surface area contributed by atoms with Crippen LogP contribution in [0.3, 0.4) is 0 Å². The molecule has 0 amide bonds. The summed E-state index contributed by atoms with van der Waals surface area (Å²) in [7, 11) is 0. The summed E-state index contributed by atoms with van der Waals surface area (Å²) in [5.74, 6) is 0. The van der Waals surface area contributed by atoms with E-state index in [0.717, 1.165) is 33.4 Å². The largest absolute Gasteiger partial charge is 0.399 e. The van der Waals surface area contributed by atoms with Crippen molar-refractivity contribution in [2.45, 2.75) is 6.42 Å². The molecule has 0 fully saturated rings. The third kappa shape index (κ3) is 3.97. The van der Waals surface area contributed by atoms with Gasteiger partial charge in [0.25, 0.3) is 0 Å². The summed E-state index contributed by atoms with van der Waals surface area (Å²) in [5.41, 5.74) is 9.76. The Hall–Kier alpha value is -1.55. The van der Waals surface area contributed by atoms with Crippen LogP contribution < -0.4 is 5.73 Å². The third-order valence-corrected chi connectivity index (χ3v) is 4.06. The summed E-state index contributed by atoms with van der Waals surface area (Å²) in [6.45, 7) is 0. The van der Waals surface area contributed by atoms with Gasteiger partial charge in [0.05, 0.1) is 10.7 Å². The SMILES string of the molecule is Cl.Nc1cccc(-c2csc(Cc3cccc(Cl)c3)n2)c1. The van der Waals surface area contributed by atoms with Gasteiger partial charge in [-0.2, -0.15) is 0 Å². The van der Waals surface area contributed by atoms with E-state index in [-0.39, 0.29) is 12.4 Å². The van der Waals surface area contributed by atoms with Gasteiger partial charge in [0, 0.05) is 28.1 Å². The van der Waals surface area contributed by atoms with Gasteiger partial charge in [-0.1, -0.05) is 35.9 Å². The molecule has 0 atom stereocenters. The van der Waals surface area contributed by atoms with Gasteiger partial charge in [-0.25, -0.2) is 4.98 Å². The van der Waals surface area contributed by atoms with Crippen LogP contribution in [0.2, 0.25) is 5.02 Å². The molecule has 0 aliphatic carbocycles. The fourth-order valence-electron chi connectivity index (χ4n) is 2.04. The van der Waals surface area contributed by atoms with E-state index in [1.54, 1.807) is 11.3 Å². The number of thiazole rings is 1. The molecule has 3 aromatic rings. The molecule has 0 unspecified atom stereocenters. The van der Waals surface area contributed by atoms with Gasteiger partial charge in [-0.3, -0.25) is 0 Å². The van der Waals surface area contributed by atoms with Crippen molar-refractivity contribution in [2.75, 3.05) is 5.73 Å². The number of anilines is 1. The fourth-order valence-corrected chi connectivity index (χ4v) is 3.09. The molecule has 3 rings (SSSR count). The molecule has 0 radical (unpaired) electrons. The Labute approximate surface area is 139 Å². The third-order valence-electron chi connectivity index (χ3n) is 2.98. The lowest BCUT2D eigenvalue weighted by Gasteiger charge is -1.99. The summed E-state index contributed by atoms with van der Waals surface area (Å²) in [4.78, 5) is 4.67. The standard InChI is InChI=1S/C16H13ClN2S.ClH/c17-13-5-1-3-11(7-13)8-16-19-15(10-20-16)12-4-2-6-14(18)9-12;/h1-7,9-10H,8,18H2;1H. The maximum absolute atomic E-state index is 6.00. The lowest BCUT2D eigenvalue weighted by atomic mass is 10.1. The molecular weight excluding hydrogens is 323 g/mol. The monoisotopic (exact) mass is 336 g/mol. The Bertz CT molecular complexity index is 740. The number of nitrogen functional groups attached to an aromatic ring is 1. The maximum Gasteiger partial charge on any atom is 0.0976 e. The van der Waals surface area contributed by atoms with Gasteiger partial charge in [-0.15, -0.1) is 23.7 Å². The molecule has 2 N–H and O–H groups in total. The average molecular weight is 337 g/mol. The quantitative estimate of drug-likeness (QED) is 0.679. The van der Waals surface area contributed by atoms with Crippen LogP contribution in [0.4, 0.5) is 5.69 Å². The van der Waals surface area contributed by atoms with Crippen molar-refractivity contribution < 1.29 is 0 Å². The van der Waals surface area contributed by atoms with Crippen molar-refractivity contribution in [2.24, 2.45) is 0 Å². The topological polar surface area (TPSA) is 38.9 Å². The first-order valence-corrected chi connectivity index (χ1v) is 7.51. The summed E-state index contributed by atoms with van der Waals surface area (Å²) in [6.07, 6.45) is 0.799. The molecule has 108 valence electrons. The minimum atomic E-state index is 0. The highest BCUT2D eigenvalue weighted by Gasteiger charge is 2.06. The molecule has 1 heterocycles. The predicted octanol–water partition coefficient (Wildman–Crippen LogP) is 5.06. The number of nitrogens with zero attached hydrogens (tertiary/aromatic N) is 1. The number of aromatic nitrogens is 1. The molecule has 5 heteroatoms. The number of hydrogen-bond acceptors (Lipinski definition) is 3. The highest BCUT2D eigenvalue weighted by atomic mass is 35.5. The predicted molar refractivity (Wildman–Crippen MR) is 93.5 cm³/mol. The fraction of sp³-hybridized carbons (Fsp3) is 0.0625. The normalized spacial score (nSPS) is 10.1. The highest BCUT2D eigenvalue weighted by molar-refractivity contribution is 7.10. The Morgan fingerprint density at radius 3 is 2.67 bits per heavy atom. The summed E-state index contributed by atoms with van der Waals surface area (Å²) >= 11 is 7.65. The second-order valence-electron chi connectivity index (χ2n) is 4.56. The molecule has 2 nitrogen and oxygen atoms in total. The molecular formula is C16H14Cl2N2S. The van der Waals surface area contributed by atoms with Crippen LogP contribution in [0.25, 0.3) is 11.3 Å². The van der Waals surface area contributed by atoms with E-state index in [1.165, 1.54) is 5.56 Å². The van der Waals surface area contributed by atoms with Crippen molar-refractivity contribution in [3.05, 3.63) is 69.5 Å². The van der Waals surface area contributed by atoms with Gasteiger partial charge in [-0.05, 0) is 29.8 Å². The zero-order valence-corrected chi connectivity index (χ0v) is 13.5. The van der Waals surface area contributed by atoms with E-state index in [2.05, 4.69) is 16.4 Å². The van der Waals surface area contributed by atoms with E-state index >= 15 is 0 Å². The van der Waals surface area contributed by atoms with Crippen LogP contribution in [-0.4, -0.2) is 4.98 Å². The lowest BCUT2D eigenvalue weighted by molar-refractivity contribution is 1.14. The van der Waals surface area contributed by atoms with E-state index in [0.29, 0.717) is 0 Å². The number of hydrogen-bond donors (Lipinski definition) is 1. The molecule has 0 spiro atoms. The first-order chi connectivity index (χ1) is 9.70. The maximum atomic E-state index is 6.00. The summed E-state index contributed by atoms with van der Waals surface area (Å²) in [5, 5.41) is 3.90. The zero-order valence-electron chi connectivity index (χ0n) is 11.1. The summed E-state index contributed by atoms with van der Waals surface area (Å²) in [6, 6.07) is 15.7. The molecule has 0 aliphatic rings. The van der Waals surface area contributed by atoms with Crippen molar-refractivity contribution in [3.8, 4) is 11.3 Å². The van der Waals surface area contributed by atoms with Crippen LogP contribution in [0, 0.1) is 0 Å². The molecule has 21 heavy (non-hydrogen) atoms. The molecule has 0 bridgehead atoms. The van der Waals surface area contributed by atoms with Gasteiger partial charge in [0.15, 0.2) is 0 Å². The van der Waals surface area contributed by atoms with E-state index in [4.69, 9.17) is 17.3 Å². The average Bonchev–Trinajstić information content (AvgIpc) is 2.87. The van der Waals surface area contributed by atoms with Crippen molar-refractivity contribution in [3.63, 3.8) is 0 Å². The van der Waals surface area contributed by atoms with Crippen molar-refractivity contribution in [1.82, 2.24) is 4.98 Å². The van der Waals surface area contributed by atoms with E-state index < -0.39 is 0 Å². The molecule has 1 aromatic heterocycles. The summed E-state index contributed by atoms with van der Waals surface area (Å²) < 4.78 is 0. The minimum Gasteiger partial charge on any atom is -0.399 e. The van der Waals surface area contributed by atoms with Gasteiger partial charge >= 0.3 is 0 Å². The number of nitrogens with two attached hydrogens (primary N) is 1. The highest BCUT2D eigenvalue weighted by Crippen LogP contribution is 2.25. The Kier molecular flexibility index (Phi) is 5.23. The van der Waals surface area contributed by atoms with Crippen LogP contribution in [0.15, 0.2) is 53.9 Å². The first kappa shape index (κ1) is 15.8. The van der Waals surface area contributed by atoms with E-state index in [1.807, 2.05) is 42.5 Å². The Balaban J connectivity index is 0.00000161. The number of rotatable bonds is 3. The second kappa shape index (κ2) is 6.94. The van der Waals surface area contributed by atoms with Crippen LogP contribution >= 0.6 is 35.3 Å². The smallest absolute Gasteiger partial charge is 0.0976 e.